The SMILES string of the molecule is O=C(O)Cc1cc(=O)[nH]c(-c2ccccc2)n1. The van der Waals surface area contributed by atoms with Gasteiger partial charge in [0, 0.05) is 11.6 Å². The molecule has 0 bridgehead atoms. The smallest absolute Gasteiger partial charge is 0.309 e. The molecule has 2 N–H and O–H groups in total. The Labute approximate surface area is 96.8 Å². The summed E-state index contributed by atoms with van der Waals surface area (Å²) < 4.78 is 0. The number of rotatable bonds is 3. The molecular weight excluding hydrogens is 220 g/mol. The van der Waals surface area contributed by atoms with Crippen molar-refractivity contribution < 1.29 is 9.90 Å². The fourth-order valence-corrected chi connectivity index (χ4v) is 1.49. The maximum Gasteiger partial charge on any atom is 0.309 e. The van der Waals surface area contributed by atoms with Crippen LogP contribution in [-0.2, 0) is 11.2 Å². The molecule has 1 heterocycles. The zero-order chi connectivity index (χ0) is 12.3. The number of carbonyl (C=O) groups is 1. The van der Waals surface area contributed by atoms with E-state index in [-0.39, 0.29) is 17.7 Å². The van der Waals surface area contributed by atoms with Crippen LogP contribution in [0.1, 0.15) is 5.69 Å². The fourth-order valence-electron chi connectivity index (χ4n) is 1.49. The van der Waals surface area contributed by atoms with Gasteiger partial charge in [0.2, 0.25) is 0 Å². The Morgan fingerprint density at radius 1 is 1.29 bits per heavy atom. The van der Waals surface area contributed by atoms with E-state index in [0.29, 0.717) is 5.82 Å². The minimum absolute atomic E-state index is 0.250. The third kappa shape index (κ3) is 2.78. The van der Waals surface area contributed by atoms with E-state index in [1.165, 1.54) is 6.07 Å². The Hall–Kier alpha value is -2.43. The van der Waals surface area contributed by atoms with E-state index in [1.54, 1.807) is 12.1 Å². The van der Waals surface area contributed by atoms with Crippen molar-refractivity contribution in [2.24, 2.45) is 0 Å². The first-order chi connectivity index (χ1) is 8.15. The van der Waals surface area contributed by atoms with Gasteiger partial charge in [-0.15, -0.1) is 0 Å². The second-order valence-corrected chi connectivity index (χ2v) is 3.52. The first kappa shape index (κ1) is 11.1. The highest BCUT2D eigenvalue weighted by atomic mass is 16.4. The van der Waals surface area contributed by atoms with Gasteiger partial charge in [-0.3, -0.25) is 9.59 Å². The molecule has 0 saturated heterocycles. The molecule has 0 aliphatic carbocycles. The normalized spacial score (nSPS) is 10.1. The Morgan fingerprint density at radius 3 is 2.65 bits per heavy atom. The summed E-state index contributed by atoms with van der Waals surface area (Å²) in [6.07, 6.45) is -0.260. The lowest BCUT2D eigenvalue weighted by Gasteiger charge is -2.02. The van der Waals surface area contributed by atoms with Gasteiger partial charge in [0.1, 0.15) is 5.82 Å². The van der Waals surface area contributed by atoms with Crippen molar-refractivity contribution in [2.75, 3.05) is 0 Å². The number of hydrogen-bond donors (Lipinski definition) is 2. The summed E-state index contributed by atoms with van der Waals surface area (Å²) in [7, 11) is 0. The standard InChI is InChI=1S/C12H10N2O3/c15-10-6-9(7-11(16)17)13-12(14-10)8-4-2-1-3-5-8/h1-6H,7H2,(H,16,17)(H,13,14,15). The molecule has 0 aliphatic heterocycles. The van der Waals surface area contributed by atoms with Crippen LogP contribution < -0.4 is 5.56 Å². The molecule has 86 valence electrons. The summed E-state index contributed by atoms with van der Waals surface area (Å²) in [4.78, 5) is 28.6. The lowest BCUT2D eigenvalue weighted by molar-refractivity contribution is -0.136. The van der Waals surface area contributed by atoms with E-state index < -0.39 is 5.97 Å². The van der Waals surface area contributed by atoms with Crippen LogP contribution in [0.25, 0.3) is 11.4 Å². The summed E-state index contributed by atoms with van der Waals surface area (Å²) in [6, 6.07) is 10.3. The quantitative estimate of drug-likeness (QED) is 0.826. The topological polar surface area (TPSA) is 83.0 Å². The van der Waals surface area contributed by atoms with E-state index in [4.69, 9.17) is 5.11 Å². The Kier molecular flexibility index (Phi) is 3.00. The van der Waals surface area contributed by atoms with Gasteiger partial charge < -0.3 is 10.1 Å². The average Bonchev–Trinajstić information content (AvgIpc) is 2.28. The minimum atomic E-state index is -1.01. The molecule has 5 nitrogen and oxygen atoms in total. The molecule has 0 fully saturated rings. The number of benzene rings is 1. The zero-order valence-corrected chi connectivity index (χ0v) is 8.88. The van der Waals surface area contributed by atoms with E-state index in [0.717, 1.165) is 5.56 Å². The Bertz CT molecular complexity index is 590. The molecule has 1 aromatic carbocycles. The van der Waals surface area contributed by atoms with Crippen LogP contribution in [-0.4, -0.2) is 21.0 Å². The van der Waals surface area contributed by atoms with Crippen molar-refractivity contribution in [2.45, 2.75) is 6.42 Å². The van der Waals surface area contributed by atoms with Crippen LogP contribution in [0.15, 0.2) is 41.2 Å². The Morgan fingerprint density at radius 2 is 2.00 bits per heavy atom. The molecule has 0 atom stereocenters. The molecule has 0 spiro atoms. The van der Waals surface area contributed by atoms with Crippen molar-refractivity contribution in [3.63, 3.8) is 0 Å². The maximum atomic E-state index is 11.4. The van der Waals surface area contributed by atoms with Gasteiger partial charge in [-0.25, -0.2) is 4.98 Å². The summed E-state index contributed by atoms with van der Waals surface area (Å²) in [5.74, 6) is -0.628. The van der Waals surface area contributed by atoms with Crippen molar-refractivity contribution in [1.29, 1.82) is 0 Å². The predicted molar refractivity (Wildman–Crippen MR) is 61.6 cm³/mol. The largest absolute Gasteiger partial charge is 0.481 e. The number of nitrogens with zero attached hydrogens (tertiary/aromatic N) is 1. The van der Waals surface area contributed by atoms with Gasteiger partial charge in [-0.1, -0.05) is 30.3 Å². The number of aliphatic carboxylic acids is 1. The number of hydrogen-bond acceptors (Lipinski definition) is 3. The summed E-state index contributed by atoms with van der Waals surface area (Å²) in [5, 5.41) is 8.67. The first-order valence-corrected chi connectivity index (χ1v) is 5.02. The highest BCUT2D eigenvalue weighted by molar-refractivity contribution is 5.69. The Balaban J connectivity index is 2.45. The highest BCUT2D eigenvalue weighted by Gasteiger charge is 2.06. The van der Waals surface area contributed by atoms with Gasteiger partial charge >= 0.3 is 5.97 Å². The molecule has 0 unspecified atom stereocenters. The summed E-state index contributed by atoms with van der Waals surface area (Å²) in [6.45, 7) is 0. The summed E-state index contributed by atoms with van der Waals surface area (Å²) in [5.41, 5.74) is 0.645. The van der Waals surface area contributed by atoms with Crippen molar-refractivity contribution >= 4 is 5.97 Å². The zero-order valence-electron chi connectivity index (χ0n) is 8.88. The number of nitrogens with one attached hydrogen (secondary N) is 1. The molecule has 17 heavy (non-hydrogen) atoms. The second kappa shape index (κ2) is 4.61. The van der Waals surface area contributed by atoms with Crippen LogP contribution in [0.2, 0.25) is 0 Å². The fraction of sp³-hybridized carbons (Fsp3) is 0.0833. The predicted octanol–water partition coefficient (Wildman–Crippen LogP) is 1.06. The minimum Gasteiger partial charge on any atom is -0.481 e. The van der Waals surface area contributed by atoms with E-state index >= 15 is 0 Å². The van der Waals surface area contributed by atoms with Crippen molar-refractivity contribution in [3.8, 4) is 11.4 Å². The van der Waals surface area contributed by atoms with Gasteiger partial charge in [0.25, 0.3) is 5.56 Å². The molecule has 0 aliphatic rings. The van der Waals surface area contributed by atoms with Crippen LogP contribution in [0.4, 0.5) is 0 Å². The molecule has 0 radical (unpaired) electrons. The summed E-state index contributed by atoms with van der Waals surface area (Å²) >= 11 is 0. The van der Waals surface area contributed by atoms with Crippen molar-refractivity contribution in [1.82, 2.24) is 9.97 Å². The third-order valence-electron chi connectivity index (χ3n) is 2.17. The first-order valence-electron chi connectivity index (χ1n) is 5.02. The van der Waals surface area contributed by atoms with E-state index in [2.05, 4.69) is 9.97 Å². The van der Waals surface area contributed by atoms with E-state index in [1.807, 2.05) is 18.2 Å². The lowest BCUT2D eigenvalue weighted by Crippen LogP contribution is -2.13. The van der Waals surface area contributed by atoms with E-state index in [9.17, 15) is 9.59 Å². The third-order valence-corrected chi connectivity index (χ3v) is 2.17. The average molecular weight is 230 g/mol. The molecule has 2 rings (SSSR count). The number of aromatic nitrogens is 2. The molecule has 0 amide bonds. The van der Waals surface area contributed by atoms with Crippen molar-refractivity contribution in [3.05, 3.63) is 52.4 Å². The molecule has 2 aromatic rings. The maximum absolute atomic E-state index is 11.4. The number of carboxylic acid groups (broad SMARTS) is 1. The molecule has 5 heteroatoms. The van der Waals surface area contributed by atoms with Gasteiger partial charge in [0.15, 0.2) is 0 Å². The van der Waals surface area contributed by atoms with Crippen LogP contribution in [0, 0.1) is 0 Å². The number of H-pyrrole nitrogens is 1. The van der Waals surface area contributed by atoms with Gasteiger partial charge in [-0.2, -0.15) is 0 Å². The number of aromatic amines is 1. The van der Waals surface area contributed by atoms with Crippen LogP contribution in [0.3, 0.4) is 0 Å². The van der Waals surface area contributed by atoms with Gasteiger partial charge in [-0.05, 0) is 0 Å². The lowest BCUT2D eigenvalue weighted by atomic mass is 10.2. The monoisotopic (exact) mass is 230 g/mol. The number of carboxylic acids is 1. The molecular formula is C12H10N2O3. The second-order valence-electron chi connectivity index (χ2n) is 3.52. The molecule has 1 aromatic heterocycles. The van der Waals surface area contributed by atoms with Crippen LogP contribution >= 0.6 is 0 Å². The van der Waals surface area contributed by atoms with Crippen LogP contribution in [0.5, 0.6) is 0 Å². The van der Waals surface area contributed by atoms with Gasteiger partial charge in [0.05, 0.1) is 12.1 Å². The highest BCUT2D eigenvalue weighted by Crippen LogP contribution is 2.12. The molecule has 0 saturated carbocycles.